The van der Waals surface area contributed by atoms with Crippen molar-refractivity contribution in [3.05, 3.63) is 95.8 Å². The van der Waals surface area contributed by atoms with Crippen molar-refractivity contribution in [3.63, 3.8) is 0 Å². The van der Waals surface area contributed by atoms with E-state index < -0.39 is 0 Å². The molecule has 148 valence electrons. The van der Waals surface area contributed by atoms with E-state index in [1.165, 1.54) is 11.1 Å². The van der Waals surface area contributed by atoms with Gasteiger partial charge in [0, 0.05) is 16.5 Å². The lowest BCUT2D eigenvalue weighted by atomic mass is 10.2. The standard InChI is InChI=1S/C25H25NO2S/c1-18-11-13-21(14-12-18)26-25(29-24-10-5-7-19(2)15-24)20(3)17-28-23-9-6-8-22(16-23)27-4/h5-17H,1-4H3. The molecule has 0 bridgehead atoms. The topological polar surface area (TPSA) is 30.8 Å². The normalized spacial score (nSPS) is 12.0. The second-order valence-corrected chi connectivity index (χ2v) is 7.83. The molecule has 0 aliphatic carbocycles. The van der Waals surface area contributed by atoms with E-state index in [4.69, 9.17) is 14.5 Å². The quantitative estimate of drug-likeness (QED) is 0.190. The lowest BCUT2D eigenvalue weighted by Crippen LogP contribution is -1.97. The third-order valence-electron chi connectivity index (χ3n) is 4.22. The van der Waals surface area contributed by atoms with Gasteiger partial charge >= 0.3 is 0 Å². The maximum atomic E-state index is 5.87. The molecule has 0 N–H and O–H groups in total. The van der Waals surface area contributed by atoms with Gasteiger partial charge in [-0.1, -0.05) is 53.2 Å². The SMILES string of the molecule is COc1cccc(OC=C(C)C(=Nc2ccc(C)cc2)Sc2cccc(C)c2)c1. The summed E-state index contributed by atoms with van der Waals surface area (Å²) in [6, 6.07) is 24.2. The number of benzene rings is 3. The second-order valence-electron chi connectivity index (χ2n) is 6.77. The number of ether oxygens (including phenoxy) is 2. The van der Waals surface area contributed by atoms with Crippen molar-refractivity contribution in [1.82, 2.24) is 0 Å². The molecular formula is C25H25NO2S. The minimum Gasteiger partial charge on any atom is -0.497 e. The lowest BCUT2D eigenvalue weighted by molar-refractivity contribution is 0.408. The van der Waals surface area contributed by atoms with E-state index in [0.29, 0.717) is 0 Å². The molecule has 4 heteroatoms. The molecule has 0 amide bonds. The predicted octanol–water partition coefficient (Wildman–Crippen LogP) is 7.12. The maximum Gasteiger partial charge on any atom is 0.130 e. The van der Waals surface area contributed by atoms with E-state index in [0.717, 1.165) is 32.7 Å². The average molecular weight is 404 g/mol. The molecule has 0 atom stereocenters. The van der Waals surface area contributed by atoms with Crippen LogP contribution in [-0.4, -0.2) is 12.2 Å². The van der Waals surface area contributed by atoms with Crippen LogP contribution in [-0.2, 0) is 0 Å². The fourth-order valence-corrected chi connectivity index (χ4v) is 3.57. The van der Waals surface area contributed by atoms with Gasteiger partial charge in [-0.15, -0.1) is 0 Å². The first-order valence-corrected chi connectivity index (χ1v) is 10.2. The highest BCUT2D eigenvalue weighted by atomic mass is 32.2. The number of methoxy groups -OCH3 is 1. The summed E-state index contributed by atoms with van der Waals surface area (Å²) in [5, 5.41) is 0.891. The van der Waals surface area contributed by atoms with Crippen molar-refractivity contribution < 1.29 is 9.47 Å². The van der Waals surface area contributed by atoms with Crippen LogP contribution in [0.1, 0.15) is 18.1 Å². The van der Waals surface area contributed by atoms with Crippen LogP contribution >= 0.6 is 11.8 Å². The third-order valence-corrected chi connectivity index (χ3v) is 5.32. The number of hydrogen-bond acceptors (Lipinski definition) is 4. The second kappa shape index (κ2) is 9.99. The summed E-state index contributed by atoms with van der Waals surface area (Å²) in [6.45, 7) is 6.18. The molecule has 0 aromatic heterocycles. The van der Waals surface area contributed by atoms with Gasteiger partial charge in [-0.25, -0.2) is 4.99 Å². The Balaban J connectivity index is 1.88. The number of hydrogen-bond donors (Lipinski definition) is 0. The van der Waals surface area contributed by atoms with Crippen LogP contribution < -0.4 is 9.47 Å². The van der Waals surface area contributed by atoms with Gasteiger partial charge in [-0.3, -0.25) is 0 Å². The van der Waals surface area contributed by atoms with E-state index in [2.05, 4.69) is 50.2 Å². The van der Waals surface area contributed by atoms with Gasteiger partial charge in [0.1, 0.15) is 16.5 Å². The summed E-state index contributed by atoms with van der Waals surface area (Å²) in [6.07, 6.45) is 1.74. The first-order valence-electron chi connectivity index (χ1n) is 9.41. The Morgan fingerprint density at radius 3 is 2.31 bits per heavy atom. The Kier molecular flexibility index (Phi) is 7.14. The van der Waals surface area contributed by atoms with Gasteiger partial charge in [-0.05, 0) is 57.2 Å². The number of aliphatic imine (C=N–C) groups is 1. The minimum atomic E-state index is 0.721. The Labute approximate surface area is 177 Å². The number of aryl methyl sites for hydroxylation is 2. The molecular weight excluding hydrogens is 378 g/mol. The Morgan fingerprint density at radius 1 is 0.862 bits per heavy atom. The van der Waals surface area contributed by atoms with Gasteiger partial charge in [0.2, 0.25) is 0 Å². The molecule has 3 aromatic rings. The molecule has 29 heavy (non-hydrogen) atoms. The Hall–Kier alpha value is -2.98. The molecule has 3 nitrogen and oxygen atoms in total. The van der Waals surface area contributed by atoms with E-state index in [1.54, 1.807) is 25.1 Å². The molecule has 0 unspecified atom stereocenters. The highest BCUT2D eigenvalue weighted by Crippen LogP contribution is 2.28. The van der Waals surface area contributed by atoms with Crippen LogP contribution in [0.3, 0.4) is 0 Å². The van der Waals surface area contributed by atoms with Gasteiger partial charge in [-0.2, -0.15) is 0 Å². The van der Waals surface area contributed by atoms with E-state index in [-0.39, 0.29) is 0 Å². The number of rotatable bonds is 6. The number of nitrogens with zero attached hydrogens (tertiary/aromatic N) is 1. The van der Waals surface area contributed by atoms with Crippen LogP contribution in [0.2, 0.25) is 0 Å². The summed E-state index contributed by atoms with van der Waals surface area (Å²) >= 11 is 1.63. The molecule has 3 aromatic carbocycles. The fourth-order valence-electron chi connectivity index (χ4n) is 2.60. The number of thioether (sulfide) groups is 1. The maximum absolute atomic E-state index is 5.87. The summed E-state index contributed by atoms with van der Waals surface area (Å²) in [4.78, 5) is 6.02. The van der Waals surface area contributed by atoms with E-state index >= 15 is 0 Å². The van der Waals surface area contributed by atoms with Gasteiger partial charge in [0.15, 0.2) is 0 Å². The zero-order valence-corrected chi connectivity index (χ0v) is 18.0. The summed E-state index contributed by atoms with van der Waals surface area (Å²) in [7, 11) is 1.64. The Morgan fingerprint density at radius 2 is 1.59 bits per heavy atom. The highest BCUT2D eigenvalue weighted by molar-refractivity contribution is 8.14. The smallest absolute Gasteiger partial charge is 0.130 e. The average Bonchev–Trinajstić information content (AvgIpc) is 2.73. The molecule has 0 spiro atoms. The van der Waals surface area contributed by atoms with Crippen molar-refractivity contribution in [1.29, 1.82) is 0 Å². The summed E-state index contributed by atoms with van der Waals surface area (Å²) in [5.74, 6) is 1.48. The third kappa shape index (κ3) is 6.26. The molecule has 0 aliphatic rings. The molecule has 0 fully saturated rings. The molecule has 0 radical (unpaired) electrons. The van der Waals surface area contributed by atoms with Crippen LogP contribution in [0.5, 0.6) is 11.5 Å². The summed E-state index contributed by atoms with van der Waals surface area (Å²) in [5.41, 5.74) is 4.30. The van der Waals surface area contributed by atoms with Crippen molar-refractivity contribution in [2.75, 3.05) is 7.11 Å². The highest BCUT2D eigenvalue weighted by Gasteiger charge is 2.08. The zero-order valence-electron chi connectivity index (χ0n) is 17.2. The molecule has 0 saturated carbocycles. The van der Waals surface area contributed by atoms with Crippen LogP contribution in [0.15, 0.2) is 94.5 Å². The molecule has 3 rings (SSSR count). The van der Waals surface area contributed by atoms with Crippen molar-refractivity contribution in [3.8, 4) is 11.5 Å². The van der Waals surface area contributed by atoms with Gasteiger partial charge in [0.05, 0.1) is 19.1 Å². The van der Waals surface area contributed by atoms with Gasteiger partial charge in [0.25, 0.3) is 0 Å². The van der Waals surface area contributed by atoms with E-state index in [1.807, 2.05) is 43.3 Å². The van der Waals surface area contributed by atoms with Crippen molar-refractivity contribution >= 4 is 22.5 Å². The van der Waals surface area contributed by atoms with Crippen molar-refractivity contribution in [2.24, 2.45) is 4.99 Å². The molecule has 0 aliphatic heterocycles. The lowest BCUT2D eigenvalue weighted by Gasteiger charge is -2.09. The Bertz CT molecular complexity index is 1020. The fraction of sp³-hybridized carbons (Fsp3) is 0.160. The first kappa shape index (κ1) is 20.7. The monoisotopic (exact) mass is 403 g/mol. The van der Waals surface area contributed by atoms with E-state index in [9.17, 15) is 0 Å². The predicted molar refractivity (Wildman–Crippen MR) is 123 cm³/mol. The first-order chi connectivity index (χ1) is 14.0. The summed E-state index contributed by atoms with van der Waals surface area (Å²) < 4.78 is 11.1. The molecule has 0 heterocycles. The van der Waals surface area contributed by atoms with Crippen LogP contribution in [0, 0.1) is 13.8 Å². The van der Waals surface area contributed by atoms with Gasteiger partial charge < -0.3 is 9.47 Å². The molecule has 0 saturated heterocycles. The minimum absolute atomic E-state index is 0.721. The van der Waals surface area contributed by atoms with Crippen LogP contribution in [0.4, 0.5) is 5.69 Å². The largest absolute Gasteiger partial charge is 0.497 e. The zero-order chi connectivity index (χ0) is 20.6. The van der Waals surface area contributed by atoms with Crippen molar-refractivity contribution in [2.45, 2.75) is 25.7 Å². The van der Waals surface area contributed by atoms with Crippen LogP contribution in [0.25, 0.3) is 0 Å².